The van der Waals surface area contributed by atoms with Gasteiger partial charge in [0.1, 0.15) is 0 Å². The highest BCUT2D eigenvalue weighted by Crippen LogP contribution is 2.23. The molecule has 1 aliphatic rings. The molecule has 1 amide bonds. The van der Waals surface area contributed by atoms with Crippen molar-refractivity contribution in [2.24, 2.45) is 11.7 Å². The Morgan fingerprint density at radius 3 is 2.53 bits per heavy atom. The van der Waals surface area contributed by atoms with Crippen LogP contribution in [0.25, 0.3) is 5.57 Å². The summed E-state index contributed by atoms with van der Waals surface area (Å²) in [7, 11) is 0. The van der Waals surface area contributed by atoms with Crippen molar-refractivity contribution in [3.05, 3.63) is 54.1 Å². The minimum atomic E-state index is -0.255. The van der Waals surface area contributed by atoms with Crippen molar-refractivity contribution in [1.29, 1.82) is 0 Å². The van der Waals surface area contributed by atoms with E-state index in [1.54, 1.807) is 0 Å². The van der Waals surface area contributed by atoms with Crippen molar-refractivity contribution in [2.75, 3.05) is 0 Å². The van der Waals surface area contributed by atoms with Crippen LogP contribution in [0.4, 0.5) is 0 Å². The average Bonchev–Trinajstić information content (AvgIpc) is 2.30. The fourth-order valence-electron chi connectivity index (χ4n) is 1.68. The number of hydrogen-bond acceptors (Lipinski definition) is 1. The Labute approximate surface area is 89.1 Å². The van der Waals surface area contributed by atoms with Gasteiger partial charge >= 0.3 is 0 Å². The number of carbonyl (C=O) groups is 1. The number of hydrogen-bond donors (Lipinski definition) is 1. The van der Waals surface area contributed by atoms with Crippen LogP contribution in [-0.2, 0) is 4.79 Å². The van der Waals surface area contributed by atoms with Crippen LogP contribution in [0.2, 0.25) is 0 Å². The molecule has 76 valence electrons. The molecule has 0 heterocycles. The van der Waals surface area contributed by atoms with E-state index in [2.05, 4.69) is 18.2 Å². The predicted molar refractivity (Wildman–Crippen MR) is 60.9 cm³/mol. The first kappa shape index (κ1) is 9.71. The molecule has 0 radical (unpaired) electrons. The molecular weight excluding hydrogens is 186 g/mol. The van der Waals surface area contributed by atoms with Crippen LogP contribution < -0.4 is 5.73 Å². The van der Waals surface area contributed by atoms with Gasteiger partial charge in [-0.05, 0) is 17.6 Å². The second-order valence-electron chi connectivity index (χ2n) is 3.63. The molecule has 2 heteroatoms. The maximum Gasteiger partial charge on any atom is 0.224 e. The third-order valence-corrected chi connectivity index (χ3v) is 2.57. The van der Waals surface area contributed by atoms with E-state index in [1.807, 2.05) is 30.4 Å². The quantitative estimate of drug-likeness (QED) is 0.779. The lowest BCUT2D eigenvalue weighted by Crippen LogP contribution is -2.21. The molecule has 0 fully saturated rings. The molecule has 0 saturated carbocycles. The van der Waals surface area contributed by atoms with Crippen molar-refractivity contribution in [1.82, 2.24) is 0 Å². The summed E-state index contributed by atoms with van der Waals surface area (Å²) in [6.07, 6.45) is 6.61. The summed E-state index contributed by atoms with van der Waals surface area (Å²) in [5, 5.41) is 0. The first-order valence-electron chi connectivity index (χ1n) is 5.00. The van der Waals surface area contributed by atoms with Gasteiger partial charge in [-0.3, -0.25) is 4.79 Å². The molecule has 0 aliphatic heterocycles. The maximum atomic E-state index is 10.9. The van der Waals surface area contributed by atoms with Gasteiger partial charge in [0.15, 0.2) is 0 Å². The summed E-state index contributed by atoms with van der Waals surface area (Å²) in [4.78, 5) is 10.9. The average molecular weight is 199 g/mol. The number of nitrogens with two attached hydrogens (primary N) is 1. The van der Waals surface area contributed by atoms with Gasteiger partial charge in [0.05, 0.1) is 5.92 Å². The zero-order chi connectivity index (χ0) is 10.7. The Morgan fingerprint density at radius 1 is 1.27 bits per heavy atom. The lowest BCUT2D eigenvalue weighted by Gasteiger charge is -2.12. The van der Waals surface area contributed by atoms with E-state index in [4.69, 9.17) is 5.73 Å². The molecule has 1 unspecified atom stereocenters. The fourth-order valence-corrected chi connectivity index (χ4v) is 1.68. The minimum Gasteiger partial charge on any atom is -0.369 e. The van der Waals surface area contributed by atoms with E-state index in [9.17, 15) is 4.79 Å². The summed E-state index contributed by atoms with van der Waals surface area (Å²) >= 11 is 0. The largest absolute Gasteiger partial charge is 0.369 e. The summed E-state index contributed by atoms with van der Waals surface area (Å²) in [5.74, 6) is -0.396. The first-order valence-corrected chi connectivity index (χ1v) is 5.00. The van der Waals surface area contributed by atoms with Gasteiger partial charge in [-0.2, -0.15) is 0 Å². The molecule has 2 nitrogen and oxygen atoms in total. The topological polar surface area (TPSA) is 43.1 Å². The van der Waals surface area contributed by atoms with Gasteiger partial charge in [0, 0.05) is 0 Å². The summed E-state index contributed by atoms with van der Waals surface area (Å²) in [5.41, 5.74) is 7.57. The Hall–Kier alpha value is -1.83. The SMILES string of the molecule is NC(=O)C1C=CC(c2ccccc2)=CC1. The van der Waals surface area contributed by atoms with Gasteiger partial charge in [-0.15, -0.1) is 0 Å². The zero-order valence-corrected chi connectivity index (χ0v) is 8.39. The molecule has 0 saturated heterocycles. The van der Waals surface area contributed by atoms with Crippen molar-refractivity contribution >= 4 is 11.5 Å². The molecule has 2 N–H and O–H groups in total. The Morgan fingerprint density at radius 2 is 2.00 bits per heavy atom. The van der Waals surface area contributed by atoms with E-state index in [1.165, 1.54) is 5.56 Å². The van der Waals surface area contributed by atoms with Gasteiger partial charge in [0.2, 0.25) is 5.91 Å². The van der Waals surface area contributed by atoms with Crippen LogP contribution in [0.3, 0.4) is 0 Å². The predicted octanol–water partition coefficient (Wildman–Crippen LogP) is 2.13. The van der Waals surface area contributed by atoms with Crippen molar-refractivity contribution < 1.29 is 4.79 Å². The lowest BCUT2D eigenvalue weighted by atomic mass is 9.93. The third-order valence-electron chi connectivity index (χ3n) is 2.57. The van der Waals surface area contributed by atoms with Crippen LogP contribution >= 0.6 is 0 Å². The highest BCUT2D eigenvalue weighted by atomic mass is 16.1. The number of amides is 1. The third kappa shape index (κ3) is 2.15. The number of rotatable bonds is 2. The van der Waals surface area contributed by atoms with Gasteiger partial charge < -0.3 is 5.73 Å². The smallest absolute Gasteiger partial charge is 0.224 e. The number of allylic oxidation sites excluding steroid dienone is 3. The standard InChI is InChI=1S/C13H13NO/c14-13(15)12-8-6-11(7-9-12)10-4-2-1-3-5-10/h1-8,12H,9H2,(H2,14,15). The van der Waals surface area contributed by atoms with Crippen molar-refractivity contribution in [3.8, 4) is 0 Å². The van der Waals surface area contributed by atoms with Crippen LogP contribution in [0.1, 0.15) is 12.0 Å². The Kier molecular flexibility index (Phi) is 2.68. The second kappa shape index (κ2) is 4.13. The molecule has 2 rings (SSSR count). The van der Waals surface area contributed by atoms with Gasteiger partial charge in [0.25, 0.3) is 0 Å². The van der Waals surface area contributed by atoms with Gasteiger partial charge in [-0.25, -0.2) is 0 Å². The van der Waals surface area contributed by atoms with E-state index >= 15 is 0 Å². The van der Waals surface area contributed by atoms with E-state index in [0.29, 0.717) is 6.42 Å². The molecule has 0 aromatic heterocycles. The molecule has 0 bridgehead atoms. The summed E-state index contributed by atoms with van der Waals surface area (Å²) in [6, 6.07) is 10.1. The number of carbonyl (C=O) groups excluding carboxylic acids is 1. The normalized spacial score (nSPS) is 19.7. The monoisotopic (exact) mass is 199 g/mol. The Bertz CT molecular complexity index is 417. The van der Waals surface area contributed by atoms with Crippen LogP contribution in [0.5, 0.6) is 0 Å². The van der Waals surface area contributed by atoms with E-state index in [0.717, 1.165) is 5.57 Å². The van der Waals surface area contributed by atoms with Crippen LogP contribution in [-0.4, -0.2) is 5.91 Å². The minimum absolute atomic E-state index is 0.141. The van der Waals surface area contributed by atoms with E-state index < -0.39 is 0 Å². The molecule has 1 atom stereocenters. The lowest BCUT2D eigenvalue weighted by molar-refractivity contribution is -0.120. The highest BCUT2D eigenvalue weighted by molar-refractivity contribution is 5.83. The van der Waals surface area contributed by atoms with Crippen LogP contribution in [0.15, 0.2) is 48.6 Å². The number of primary amides is 1. The van der Waals surface area contributed by atoms with E-state index in [-0.39, 0.29) is 11.8 Å². The molecule has 1 aliphatic carbocycles. The molecule has 15 heavy (non-hydrogen) atoms. The molecule has 0 spiro atoms. The molecular formula is C13H13NO. The first-order chi connectivity index (χ1) is 7.27. The molecule has 1 aromatic rings. The maximum absolute atomic E-state index is 10.9. The highest BCUT2D eigenvalue weighted by Gasteiger charge is 2.14. The zero-order valence-electron chi connectivity index (χ0n) is 8.39. The fraction of sp³-hybridized carbons (Fsp3) is 0.154. The van der Waals surface area contributed by atoms with Gasteiger partial charge in [-0.1, -0.05) is 48.6 Å². The second-order valence-corrected chi connectivity index (χ2v) is 3.63. The summed E-state index contributed by atoms with van der Waals surface area (Å²) < 4.78 is 0. The molecule has 1 aromatic carbocycles. The van der Waals surface area contributed by atoms with Crippen LogP contribution in [0, 0.1) is 5.92 Å². The number of benzene rings is 1. The Balaban J connectivity index is 2.17. The van der Waals surface area contributed by atoms with Crippen molar-refractivity contribution in [2.45, 2.75) is 6.42 Å². The summed E-state index contributed by atoms with van der Waals surface area (Å²) in [6.45, 7) is 0. The van der Waals surface area contributed by atoms with Crippen molar-refractivity contribution in [3.63, 3.8) is 0 Å².